The third-order valence-corrected chi connectivity index (χ3v) is 1.78. The van der Waals surface area contributed by atoms with Gasteiger partial charge in [-0.05, 0) is 13.0 Å². The SMILES string of the molecule is COCC(=O)Cc1cc(C)nn1C. The van der Waals surface area contributed by atoms with Crippen molar-refractivity contribution in [2.45, 2.75) is 13.3 Å². The molecular formula is C9H14N2O2. The Labute approximate surface area is 77.5 Å². The van der Waals surface area contributed by atoms with Gasteiger partial charge in [0, 0.05) is 19.9 Å². The van der Waals surface area contributed by atoms with Gasteiger partial charge in [0.05, 0.1) is 12.1 Å². The van der Waals surface area contributed by atoms with E-state index >= 15 is 0 Å². The monoisotopic (exact) mass is 182 g/mol. The zero-order valence-corrected chi connectivity index (χ0v) is 8.20. The minimum atomic E-state index is 0.0745. The molecule has 1 heterocycles. The number of hydrogen-bond acceptors (Lipinski definition) is 3. The van der Waals surface area contributed by atoms with Crippen LogP contribution in [0.4, 0.5) is 0 Å². The fourth-order valence-electron chi connectivity index (χ4n) is 1.24. The first kappa shape index (κ1) is 9.92. The average Bonchev–Trinajstić information content (AvgIpc) is 2.30. The normalized spacial score (nSPS) is 10.4. The van der Waals surface area contributed by atoms with Crippen LogP contribution >= 0.6 is 0 Å². The molecule has 1 aromatic rings. The van der Waals surface area contributed by atoms with Gasteiger partial charge >= 0.3 is 0 Å². The van der Waals surface area contributed by atoms with Gasteiger partial charge in [0.25, 0.3) is 0 Å². The van der Waals surface area contributed by atoms with E-state index in [0.717, 1.165) is 11.4 Å². The number of nitrogens with zero attached hydrogens (tertiary/aromatic N) is 2. The van der Waals surface area contributed by atoms with Crippen molar-refractivity contribution in [3.05, 3.63) is 17.5 Å². The summed E-state index contributed by atoms with van der Waals surface area (Å²) in [5, 5.41) is 4.15. The molecule has 0 aliphatic rings. The van der Waals surface area contributed by atoms with E-state index in [1.165, 1.54) is 7.11 Å². The number of carbonyl (C=O) groups excluding carboxylic acids is 1. The van der Waals surface area contributed by atoms with Crippen LogP contribution < -0.4 is 0 Å². The van der Waals surface area contributed by atoms with Gasteiger partial charge in [-0.25, -0.2) is 0 Å². The molecule has 0 aliphatic heterocycles. The summed E-state index contributed by atoms with van der Waals surface area (Å²) in [5.74, 6) is 0.0745. The molecular weight excluding hydrogens is 168 g/mol. The van der Waals surface area contributed by atoms with Crippen molar-refractivity contribution in [1.82, 2.24) is 9.78 Å². The summed E-state index contributed by atoms with van der Waals surface area (Å²) < 4.78 is 6.47. The second-order valence-corrected chi connectivity index (χ2v) is 3.05. The molecule has 4 heteroatoms. The van der Waals surface area contributed by atoms with E-state index in [9.17, 15) is 4.79 Å². The van der Waals surface area contributed by atoms with Crippen LogP contribution in [0.25, 0.3) is 0 Å². The molecule has 0 unspecified atom stereocenters. The van der Waals surface area contributed by atoms with Crippen LogP contribution in [0, 0.1) is 6.92 Å². The lowest BCUT2D eigenvalue weighted by molar-refractivity contribution is -0.122. The first-order valence-electron chi connectivity index (χ1n) is 4.13. The first-order valence-corrected chi connectivity index (χ1v) is 4.13. The van der Waals surface area contributed by atoms with E-state index in [2.05, 4.69) is 5.10 Å². The number of hydrogen-bond donors (Lipinski definition) is 0. The Morgan fingerprint density at radius 1 is 1.69 bits per heavy atom. The van der Waals surface area contributed by atoms with Gasteiger partial charge < -0.3 is 4.74 Å². The first-order chi connectivity index (χ1) is 6.13. The lowest BCUT2D eigenvalue weighted by Gasteiger charge is -1.99. The topological polar surface area (TPSA) is 44.1 Å². The largest absolute Gasteiger partial charge is 0.377 e. The lowest BCUT2D eigenvalue weighted by Crippen LogP contribution is -2.12. The Hall–Kier alpha value is -1.16. The standard InChI is InChI=1S/C9H14N2O2/c1-7-4-8(11(2)10-7)5-9(12)6-13-3/h4H,5-6H2,1-3H3. The van der Waals surface area contributed by atoms with Gasteiger partial charge in [0.15, 0.2) is 5.78 Å². The molecule has 1 rings (SSSR count). The molecule has 72 valence electrons. The molecule has 0 bridgehead atoms. The molecule has 0 saturated heterocycles. The van der Waals surface area contributed by atoms with Crippen LogP contribution in [0.2, 0.25) is 0 Å². The number of Topliss-reactive ketones (excluding diaryl/α,β-unsaturated/α-hetero) is 1. The fraction of sp³-hybridized carbons (Fsp3) is 0.556. The van der Waals surface area contributed by atoms with Crippen LogP contribution in [-0.4, -0.2) is 29.3 Å². The number of carbonyl (C=O) groups is 1. The highest BCUT2D eigenvalue weighted by molar-refractivity contribution is 5.81. The molecule has 4 nitrogen and oxygen atoms in total. The summed E-state index contributed by atoms with van der Waals surface area (Å²) in [6, 6.07) is 1.91. The van der Waals surface area contributed by atoms with Crippen molar-refractivity contribution < 1.29 is 9.53 Å². The Morgan fingerprint density at radius 3 is 2.85 bits per heavy atom. The van der Waals surface area contributed by atoms with Gasteiger partial charge in [-0.2, -0.15) is 5.10 Å². The summed E-state index contributed by atoms with van der Waals surface area (Å²) in [7, 11) is 3.36. The van der Waals surface area contributed by atoms with Crippen LogP contribution in [0.3, 0.4) is 0 Å². The fourth-order valence-corrected chi connectivity index (χ4v) is 1.24. The minimum Gasteiger partial charge on any atom is -0.377 e. The maximum Gasteiger partial charge on any atom is 0.164 e. The number of ketones is 1. The Balaban J connectivity index is 2.63. The highest BCUT2D eigenvalue weighted by Crippen LogP contribution is 2.02. The molecule has 1 aromatic heterocycles. The predicted molar refractivity (Wildman–Crippen MR) is 48.5 cm³/mol. The van der Waals surface area contributed by atoms with Crippen molar-refractivity contribution >= 4 is 5.78 Å². The maximum absolute atomic E-state index is 11.2. The molecule has 0 aromatic carbocycles. The minimum absolute atomic E-state index is 0.0745. The smallest absolute Gasteiger partial charge is 0.164 e. The van der Waals surface area contributed by atoms with E-state index in [4.69, 9.17) is 4.74 Å². The zero-order valence-electron chi connectivity index (χ0n) is 8.20. The molecule has 0 radical (unpaired) electrons. The summed E-state index contributed by atoms with van der Waals surface area (Å²) in [6.45, 7) is 2.08. The molecule has 0 saturated carbocycles. The van der Waals surface area contributed by atoms with Crippen LogP contribution in [0.15, 0.2) is 6.07 Å². The summed E-state index contributed by atoms with van der Waals surface area (Å²) in [6.07, 6.45) is 0.394. The molecule has 13 heavy (non-hydrogen) atoms. The van der Waals surface area contributed by atoms with E-state index in [1.807, 2.05) is 20.0 Å². The summed E-state index contributed by atoms with van der Waals surface area (Å²) in [5.41, 5.74) is 1.86. The van der Waals surface area contributed by atoms with Crippen molar-refractivity contribution in [2.75, 3.05) is 13.7 Å². The molecule has 0 atom stereocenters. The number of ether oxygens (including phenoxy) is 1. The Morgan fingerprint density at radius 2 is 2.38 bits per heavy atom. The van der Waals surface area contributed by atoms with E-state index < -0.39 is 0 Å². The van der Waals surface area contributed by atoms with Crippen molar-refractivity contribution in [2.24, 2.45) is 7.05 Å². The third-order valence-electron chi connectivity index (χ3n) is 1.78. The molecule has 0 N–H and O–H groups in total. The molecule has 0 spiro atoms. The second-order valence-electron chi connectivity index (χ2n) is 3.05. The highest BCUT2D eigenvalue weighted by atomic mass is 16.5. The van der Waals surface area contributed by atoms with Crippen molar-refractivity contribution in [3.8, 4) is 0 Å². The number of rotatable bonds is 4. The lowest BCUT2D eigenvalue weighted by atomic mass is 10.2. The van der Waals surface area contributed by atoms with Crippen molar-refractivity contribution in [3.63, 3.8) is 0 Å². The maximum atomic E-state index is 11.2. The van der Waals surface area contributed by atoms with Crippen LogP contribution in [0.1, 0.15) is 11.4 Å². The van der Waals surface area contributed by atoms with E-state index in [1.54, 1.807) is 4.68 Å². The van der Waals surface area contributed by atoms with Gasteiger partial charge in [0.2, 0.25) is 0 Å². The molecule has 0 amide bonds. The Kier molecular flexibility index (Phi) is 3.19. The van der Waals surface area contributed by atoms with Gasteiger partial charge in [-0.15, -0.1) is 0 Å². The number of aryl methyl sites for hydroxylation is 2. The Bertz CT molecular complexity index is 305. The van der Waals surface area contributed by atoms with Gasteiger partial charge in [0.1, 0.15) is 6.61 Å². The predicted octanol–water partition coefficient (Wildman–Crippen LogP) is 0.487. The third kappa shape index (κ3) is 2.66. The summed E-state index contributed by atoms with van der Waals surface area (Å²) >= 11 is 0. The van der Waals surface area contributed by atoms with Gasteiger partial charge in [-0.1, -0.05) is 0 Å². The highest BCUT2D eigenvalue weighted by Gasteiger charge is 2.07. The van der Waals surface area contributed by atoms with Crippen LogP contribution in [0.5, 0.6) is 0 Å². The van der Waals surface area contributed by atoms with Crippen molar-refractivity contribution in [1.29, 1.82) is 0 Å². The number of aromatic nitrogens is 2. The molecule has 0 aliphatic carbocycles. The van der Waals surface area contributed by atoms with Gasteiger partial charge in [-0.3, -0.25) is 9.48 Å². The van der Waals surface area contributed by atoms with E-state index in [0.29, 0.717) is 6.42 Å². The van der Waals surface area contributed by atoms with E-state index in [-0.39, 0.29) is 12.4 Å². The quantitative estimate of drug-likeness (QED) is 0.680. The number of methoxy groups -OCH3 is 1. The molecule has 0 fully saturated rings. The average molecular weight is 182 g/mol. The van der Waals surface area contributed by atoms with Crippen LogP contribution in [-0.2, 0) is 23.0 Å². The second kappa shape index (κ2) is 4.18. The summed E-state index contributed by atoms with van der Waals surface area (Å²) in [4.78, 5) is 11.2. The zero-order chi connectivity index (χ0) is 9.84.